The van der Waals surface area contributed by atoms with Crippen molar-refractivity contribution >= 4 is 23.2 Å². The number of fused-ring (bicyclic) bond motifs is 1. The molecule has 0 saturated heterocycles. The molecule has 5 heteroatoms. The number of ketones is 2. The first-order valence-corrected chi connectivity index (χ1v) is 6.84. The van der Waals surface area contributed by atoms with Crippen molar-refractivity contribution in [3.63, 3.8) is 0 Å². The number of hydrogen-bond donors (Lipinski definition) is 1. The summed E-state index contributed by atoms with van der Waals surface area (Å²) in [6, 6.07) is 6.67. The number of allylic oxidation sites excluding steroid dienone is 2. The Bertz CT molecular complexity index is 578. The Hall–Kier alpha value is -1.65. The van der Waals surface area contributed by atoms with Gasteiger partial charge in [-0.05, 0) is 13.8 Å². The van der Waals surface area contributed by atoms with Crippen LogP contribution in [0.25, 0.3) is 0 Å². The molecule has 1 N–H and O–H groups in total. The van der Waals surface area contributed by atoms with Crippen LogP contribution in [0.1, 0.15) is 34.6 Å². The Balaban J connectivity index is 2.15. The van der Waals surface area contributed by atoms with Crippen molar-refractivity contribution in [3.05, 3.63) is 46.1 Å². The lowest BCUT2D eigenvalue weighted by Crippen LogP contribution is -2.31. The van der Waals surface area contributed by atoms with Crippen molar-refractivity contribution in [2.45, 2.75) is 20.0 Å². The molecular weight excluding hydrogens is 278 g/mol. The van der Waals surface area contributed by atoms with E-state index in [4.69, 9.17) is 16.3 Å². The van der Waals surface area contributed by atoms with Crippen molar-refractivity contribution < 1.29 is 14.3 Å². The normalized spacial score (nSPS) is 14.8. The average molecular weight is 294 g/mol. The third-order valence-electron chi connectivity index (χ3n) is 2.92. The van der Waals surface area contributed by atoms with Gasteiger partial charge in [0.2, 0.25) is 11.6 Å². The number of benzene rings is 1. The van der Waals surface area contributed by atoms with Gasteiger partial charge < -0.3 is 10.1 Å². The second-order valence-electron chi connectivity index (χ2n) is 4.74. The molecule has 0 unspecified atom stereocenters. The third kappa shape index (κ3) is 2.92. The smallest absolute Gasteiger partial charge is 0.211 e. The van der Waals surface area contributed by atoms with Crippen LogP contribution in [0, 0.1) is 0 Å². The van der Waals surface area contributed by atoms with Crippen LogP contribution < -0.4 is 5.32 Å². The quantitative estimate of drug-likeness (QED) is 0.848. The lowest BCUT2D eigenvalue weighted by atomic mass is 9.92. The highest BCUT2D eigenvalue weighted by atomic mass is 35.5. The largest absolute Gasteiger partial charge is 0.378 e. The summed E-state index contributed by atoms with van der Waals surface area (Å²) in [5, 5.41) is 2.84. The van der Waals surface area contributed by atoms with Gasteiger partial charge in [-0.1, -0.05) is 35.9 Å². The zero-order valence-corrected chi connectivity index (χ0v) is 12.2. The predicted molar refractivity (Wildman–Crippen MR) is 77.1 cm³/mol. The molecule has 20 heavy (non-hydrogen) atoms. The number of rotatable bonds is 5. The first-order valence-electron chi connectivity index (χ1n) is 6.46. The first kappa shape index (κ1) is 14.8. The topological polar surface area (TPSA) is 55.4 Å². The van der Waals surface area contributed by atoms with Crippen molar-refractivity contribution in [3.8, 4) is 0 Å². The van der Waals surface area contributed by atoms with Crippen LogP contribution in [-0.4, -0.2) is 30.8 Å². The van der Waals surface area contributed by atoms with E-state index in [1.807, 2.05) is 13.8 Å². The fourth-order valence-electron chi connectivity index (χ4n) is 1.97. The summed E-state index contributed by atoms with van der Waals surface area (Å²) in [7, 11) is 0. The minimum Gasteiger partial charge on any atom is -0.378 e. The van der Waals surface area contributed by atoms with Crippen LogP contribution in [-0.2, 0) is 4.74 Å². The molecule has 4 nitrogen and oxygen atoms in total. The minimum absolute atomic E-state index is 0.0572. The lowest BCUT2D eigenvalue weighted by Gasteiger charge is -2.19. The van der Waals surface area contributed by atoms with Gasteiger partial charge in [0, 0.05) is 17.7 Å². The first-order chi connectivity index (χ1) is 9.52. The molecule has 0 saturated carbocycles. The van der Waals surface area contributed by atoms with Crippen molar-refractivity contribution in [1.82, 2.24) is 5.32 Å². The molecule has 0 radical (unpaired) electrons. The van der Waals surface area contributed by atoms with Gasteiger partial charge in [0.1, 0.15) is 10.7 Å². The molecule has 2 rings (SSSR count). The van der Waals surface area contributed by atoms with Gasteiger partial charge in [-0.15, -0.1) is 0 Å². The van der Waals surface area contributed by atoms with E-state index in [-0.39, 0.29) is 28.4 Å². The molecular formula is C15H16ClNO3. The molecule has 0 heterocycles. The average Bonchev–Trinajstić information content (AvgIpc) is 2.44. The molecule has 1 aliphatic rings. The molecule has 0 amide bonds. The summed E-state index contributed by atoms with van der Waals surface area (Å²) in [4.78, 5) is 24.4. The molecule has 0 aromatic heterocycles. The highest BCUT2D eigenvalue weighted by Crippen LogP contribution is 2.26. The standard InChI is InChI=1S/C15H16ClNO3/c1-9(2)20-8-7-17-13-12(16)14(18)10-5-3-4-6-11(10)15(13)19/h3-6,9,17H,7-8H2,1-2H3. The molecule has 1 aromatic carbocycles. The molecule has 0 aliphatic heterocycles. The zero-order valence-electron chi connectivity index (χ0n) is 11.4. The number of halogens is 1. The number of nitrogens with one attached hydrogen (secondary N) is 1. The van der Waals surface area contributed by atoms with Gasteiger partial charge in [-0.3, -0.25) is 9.59 Å². The number of ether oxygens (including phenoxy) is 1. The van der Waals surface area contributed by atoms with Crippen molar-refractivity contribution in [2.24, 2.45) is 0 Å². The van der Waals surface area contributed by atoms with Crippen LogP contribution >= 0.6 is 11.6 Å². The molecule has 0 bridgehead atoms. The summed E-state index contributed by atoms with van der Waals surface area (Å²) in [6.07, 6.45) is 0.116. The Kier molecular flexibility index (Phi) is 4.57. The van der Waals surface area contributed by atoms with Gasteiger partial charge in [0.05, 0.1) is 12.7 Å². The van der Waals surface area contributed by atoms with E-state index < -0.39 is 0 Å². The van der Waals surface area contributed by atoms with Gasteiger partial charge in [-0.25, -0.2) is 0 Å². The third-order valence-corrected chi connectivity index (χ3v) is 3.28. The summed E-state index contributed by atoms with van der Waals surface area (Å²) >= 11 is 6.00. The number of carbonyl (C=O) groups excluding carboxylic acids is 2. The molecule has 1 aliphatic carbocycles. The molecule has 106 valence electrons. The number of hydrogen-bond acceptors (Lipinski definition) is 4. The number of carbonyl (C=O) groups is 2. The fourth-order valence-corrected chi connectivity index (χ4v) is 2.23. The van der Waals surface area contributed by atoms with E-state index >= 15 is 0 Å². The predicted octanol–water partition coefficient (Wildman–Crippen LogP) is 2.53. The van der Waals surface area contributed by atoms with E-state index in [2.05, 4.69) is 5.32 Å². The van der Waals surface area contributed by atoms with E-state index in [1.54, 1.807) is 24.3 Å². The van der Waals surface area contributed by atoms with Crippen LogP contribution in [0.5, 0.6) is 0 Å². The fraction of sp³-hybridized carbons (Fsp3) is 0.333. The lowest BCUT2D eigenvalue weighted by molar-refractivity contribution is 0.0810. The minimum atomic E-state index is -0.325. The van der Waals surface area contributed by atoms with E-state index in [9.17, 15) is 9.59 Å². The second-order valence-corrected chi connectivity index (χ2v) is 5.12. The van der Waals surface area contributed by atoms with E-state index in [1.165, 1.54) is 0 Å². The summed E-state index contributed by atoms with van der Waals surface area (Å²) < 4.78 is 5.38. The maximum absolute atomic E-state index is 12.3. The zero-order chi connectivity index (χ0) is 14.7. The summed E-state index contributed by atoms with van der Waals surface area (Å²) in [5.74, 6) is -0.580. The van der Waals surface area contributed by atoms with Gasteiger partial charge in [0.25, 0.3) is 0 Å². The molecule has 1 aromatic rings. The van der Waals surface area contributed by atoms with Crippen LogP contribution in [0.15, 0.2) is 35.0 Å². The van der Waals surface area contributed by atoms with Crippen molar-refractivity contribution in [2.75, 3.05) is 13.2 Å². The highest BCUT2D eigenvalue weighted by molar-refractivity contribution is 6.49. The maximum Gasteiger partial charge on any atom is 0.211 e. The van der Waals surface area contributed by atoms with E-state index in [0.29, 0.717) is 24.3 Å². The second kappa shape index (κ2) is 6.20. The molecule has 0 atom stereocenters. The SMILES string of the molecule is CC(C)OCCNC1=C(Cl)C(=O)c2ccccc2C1=O. The summed E-state index contributed by atoms with van der Waals surface area (Å²) in [6.45, 7) is 4.72. The monoisotopic (exact) mass is 293 g/mol. The molecule has 0 fully saturated rings. The Labute approximate surface area is 122 Å². The Morgan fingerprint density at radius 1 is 1.15 bits per heavy atom. The summed E-state index contributed by atoms with van der Waals surface area (Å²) in [5.41, 5.74) is 0.892. The Morgan fingerprint density at radius 2 is 1.75 bits per heavy atom. The highest BCUT2D eigenvalue weighted by Gasteiger charge is 2.30. The van der Waals surface area contributed by atoms with Crippen LogP contribution in [0.4, 0.5) is 0 Å². The van der Waals surface area contributed by atoms with Crippen LogP contribution in [0.2, 0.25) is 0 Å². The van der Waals surface area contributed by atoms with Gasteiger partial charge >= 0.3 is 0 Å². The maximum atomic E-state index is 12.3. The molecule has 0 spiro atoms. The van der Waals surface area contributed by atoms with Crippen LogP contribution in [0.3, 0.4) is 0 Å². The van der Waals surface area contributed by atoms with Crippen molar-refractivity contribution in [1.29, 1.82) is 0 Å². The van der Waals surface area contributed by atoms with Gasteiger partial charge in [0.15, 0.2) is 0 Å². The number of Topliss-reactive ketones (excluding diaryl/α,β-unsaturated/α-hetero) is 2. The van der Waals surface area contributed by atoms with E-state index in [0.717, 1.165) is 0 Å². The van der Waals surface area contributed by atoms with Gasteiger partial charge in [-0.2, -0.15) is 0 Å². The Morgan fingerprint density at radius 3 is 2.35 bits per heavy atom.